The maximum atomic E-state index is 6.68. The van der Waals surface area contributed by atoms with Crippen LogP contribution in [0.2, 0.25) is 5.02 Å². The molecule has 0 saturated heterocycles. The van der Waals surface area contributed by atoms with Gasteiger partial charge >= 0.3 is 0 Å². The van der Waals surface area contributed by atoms with Crippen molar-refractivity contribution in [2.24, 2.45) is 0 Å². The lowest BCUT2D eigenvalue weighted by molar-refractivity contribution is 0.217. The molecule has 0 amide bonds. The Labute approximate surface area is 215 Å². The van der Waals surface area contributed by atoms with Gasteiger partial charge in [0.1, 0.15) is 29.6 Å². The normalized spacial score (nSPS) is 18.1. The van der Waals surface area contributed by atoms with Gasteiger partial charge in [0.25, 0.3) is 0 Å². The first-order valence-corrected chi connectivity index (χ1v) is 12.1. The molecule has 0 spiro atoms. The molecule has 0 aliphatic carbocycles. The van der Waals surface area contributed by atoms with Crippen molar-refractivity contribution in [1.82, 2.24) is 14.8 Å². The summed E-state index contributed by atoms with van der Waals surface area (Å²) in [6.45, 7) is 0. The highest BCUT2D eigenvalue weighted by atomic mass is 79.9. The van der Waals surface area contributed by atoms with Gasteiger partial charge in [-0.2, -0.15) is 10.1 Å². The van der Waals surface area contributed by atoms with Crippen LogP contribution >= 0.6 is 27.5 Å². The molecule has 0 unspecified atom stereocenters. The van der Waals surface area contributed by atoms with Crippen molar-refractivity contribution >= 4 is 39.2 Å². The summed E-state index contributed by atoms with van der Waals surface area (Å²) in [7, 11) is 3.31. The first-order valence-electron chi connectivity index (χ1n) is 10.9. The number of benzene rings is 3. The van der Waals surface area contributed by atoms with E-state index in [1.165, 1.54) is 0 Å². The molecule has 2 aliphatic heterocycles. The van der Waals surface area contributed by atoms with Gasteiger partial charge in [-0.15, -0.1) is 0 Å². The van der Waals surface area contributed by atoms with Crippen molar-refractivity contribution in [2.75, 3.05) is 19.5 Å². The van der Waals surface area contributed by atoms with Crippen LogP contribution < -0.4 is 19.5 Å². The largest absolute Gasteiger partial charge is 0.497 e. The van der Waals surface area contributed by atoms with Crippen molar-refractivity contribution in [3.05, 3.63) is 98.7 Å². The molecule has 6 rings (SSSR count). The molecule has 7 nitrogen and oxygen atoms in total. The number of hydrogen-bond donors (Lipinski definition) is 1. The number of hydrogen-bond acceptors (Lipinski definition) is 6. The molecular formula is C26H20BrClN4O3. The molecule has 0 fully saturated rings. The van der Waals surface area contributed by atoms with E-state index >= 15 is 0 Å². The second-order valence-corrected chi connectivity index (χ2v) is 9.54. The van der Waals surface area contributed by atoms with E-state index in [2.05, 4.69) is 31.3 Å². The predicted octanol–water partition coefficient (Wildman–Crippen LogP) is 6.27. The van der Waals surface area contributed by atoms with Gasteiger partial charge in [-0.3, -0.25) is 0 Å². The Kier molecular flexibility index (Phi) is 5.42. The van der Waals surface area contributed by atoms with Gasteiger partial charge in [0.05, 0.1) is 19.9 Å². The molecule has 1 N–H and O–H groups in total. The molecule has 1 aromatic heterocycles. The summed E-state index contributed by atoms with van der Waals surface area (Å²) in [6.07, 6.45) is 1.08. The minimum Gasteiger partial charge on any atom is -0.497 e. The van der Waals surface area contributed by atoms with Crippen LogP contribution in [0.5, 0.6) is 17.2 Å². The Bertz CT molecular complexity index is 1470. The van der Waals surface area contributed by atoms with E-state index in [0.717, 1.165) is 43.9 Å². The molecule has 3 heterocycles. The third kappa shape index (κ3) is 3.64. The maximum Gasteiger partial charge on any atom is 0.226 e. The summed E-state index contributed by atoms with van der Waals surface area (Å²) in [6, 6.07) is 19.2. The maximum absolute atomic E-state index is 6.68. The van der Waals surface area contributed by atoms with Crippen molar-refractivity contribution in [1.29, 1.82) is 0 Å². The highest BCUT2D eigenvalue weighted by Gasteiger charge is 2.42. The summed E-state index contributed by atoms with van der Waals surface area (Å²) in [4.78, 5) is 4.47. The molecular weight excluding hydrogens is 532 g/mol. The first-order chi connectivity index (χ1) is 17.1. The molecule has 4 aromatic rings. The van der Waals surface area contributed by atoms with Gasteiger partial charge in [-0.05, 0) is 54.1 Å². The average Bonchev–Trinajstić information content (AvgIpc) is 3.35. The molecule has 0 radical (unpaired) electrons. The minimum absolute atomic E-state index is 0.296. The summed E-state index contributed by atoms with van der Waals surface area (Å²) < 4.78 is 20.6. The lowest BCUT2D eigenvalue weighted by Crippen LogP contribution is -2.32. The number of anilines is 1. The number of aromatic nitrogens is 3. The number of nitrogens with zero attached hydrogens (tertiary/aromatic N) is 3. The fourth-order valence-electron chi connectivity index (χ4n) is 4.72. The Morgan fingerprint density at radius 3 is 2.63 bits per heavy atom. The number of halogens is 2. The van der Waals surface area contributed by atoms with Crippen molar-refractivity contribution in [3.8, 4) is 17.2 Å². The minimum atomic E-state index is -0.469. The van der Waals surface area contributed by atoms with Crippen molar-refractivity contribution < 1.29 is 14.2 Å². The average molecular weight is 552 g/mol. The van der Waals surface area contributed by atoms with Crippen LogP contribution in [0.3, 0.4) is 0 Å². The van der Waals surface area contributed by atoms with Crippen molar-refractivity contribution in [2.45, 2.75) is 12.1 Å². The fourth-order valence-corrected chi connectivity index (χ4v) is 5.27. The van der Waals surface area contributed by atoms with Gasteiger partial charge in [-0.25, -0.2) is 4.68 Å². The Hall–Kier alpha value is -3.49. The second kappa shape index (κ2) is 8.62. The smallest absolute Gasteiger partial charge is 0.226 e. The predicted molar refractivity (Wildman–Crippen MR) is 137 cm³/mol. The van der Waals surface area contributed by atoms with Crippen LogP contribution in [0.1, 0.15) is 28.8 Å². The van der Waals surface area contributed by atoms with Gasteiger partial charge in [0.2, 0.25) is 5.95 Å². The summed E-state index contributed by atoms with van der Waals surface area (Å²) in [5, 5.41) is 8.67. The molecule has 176 valence electrons. The van der Waals surface area contributed by atoms with E-state index in [4.69, 9.17) is 25.8 Å². The highest BCUT2D eigenvalue weighted by Crippen LogP contribution is 2.52. The van der Waals surface area contributed by atoms with Gasteiger partial charge in [0.15, 0.2) is 6.10 Å². The van der Waals surface area contributed by atoms with E-state index < -0.39 is 6.10 Å². The summed E-state index contributed by atoms with van der Waals surface area (Å²) in [5.74, 6) is 2.85. The van der Waals surface area contributed by atoms with E-state index in [1.807, 2.05) is 65.3 Å². The number of ether oxygens (including phenoxy) is 3. The van der Waals surface area contributed by atoms with Crippen LogP contribution in [0.25, 0.3) is 5.70 Å². The summed E-state index contributed by atoms with van der Waals surface area (Å²) >= 11 is 10.0. The molecule has 2 aliphatic rings. The molecule has 0 bridgehead atoms. The third-order valence-corrected chi connectivity index (χ3v) is 7.01. The van der Waals surface area contributed by atoms with Crippen LogP contribution in [0, 0.1) is 0 Å². The van der Waals surface area contributed by atoms with Crippen LogP contribution in [-0.2, 0) is 0 Å². The Morgan fingerprint density at radius 1 is 1.03 bits per heavy atom. The van der Waals surface area contributed by atoms with Crippen molar-refractivity contribution in [3.63, 3.8) is 0 Å². The lowest BCUT2D eigenvalue weighted by atomic mass is 9.84. The van der Waals surface area contributed by atoms with Gasteiger partial charge in [-0.1, -0.05) is 39.7 Å². The lowest BCUT2D eigenvalue weighted by Gasteiger charge is -2.39. The zero-order valence-corrected chi connectivity index (χ0v) is 21.2. The van der Waals surface area contributed by atoms with Crippen LogP contribution in [-0.4, -0.2) is 29.0 Å². The molecule has 0 saturated carbocycles. The second-order valence-electron chi connectivity index (χ2n) is 8.18. The number of nitrogens with one attached hydrogen (secondary N) is 1. The SMILES string of the molecule is COc1ccc([C@H]2C3=C(Nc4ncnn42)c2cc(Cl)ccc2O[C@@H]3c2cc(Br)ccc2OC)cc1. The number of rotatable bonds is 4. The molecule has 9 heteroatoms. The van der Waals surface area contributed by atoms with E-state index in [1.54, 1.807) is 20.5 Å². The monoisotopic (exact) mass is 550 g/mol. The molecule has 2 atom stereocenters. The first kappa shape index (κ1) is 22.0. The molecule has 3 aromatic carbocycles. The van der Waals surface area contributed by atoms with E-state index in [-0.39, 0.29) is 6.04 Å². The van der Waals surface area contributed by atoms with E-state index in [9.17, 15) is 0 Å². The quantitative estimate of drug-likeness (QED) is 0.322. The zero-order valence-electron chi connectivity index (χ0n) is 18.8. The number of methoxy groups -OCH3 is 2. The molecule has 35 heavy (non-hydrogen) atoms. The van der Waals surface area contributed by atoms with E-state index in [0.29, 0.717) is 16.7 Å². The van der Waals surface area contributed by atoms with Crippen LogP contribution in [0.15, 0.2) is 77.0 Å². The summed E-state index contributed by atoms with van der Waals surface area (Å²) in [5.41, 5.74) is 4.63. The standard InChI is InChI=1S/C26H20BrClN4O3/c1-33-17-7-3-14(4-8-17)24-22-23(31-26-29-13-30-32(24)26)18-12-16(28)6-10-21(18)35-25(22)19-11-15(27)5-9-20(19)34-2/h3-13,24-25H,1-2H3,(H,29,30,31)/t24-,25+/m0/s1. The Balaban J connectivity index is 1.64. The third-order valence-electron chi connectivity index (χ3n) is 6.28. The topological polar surface area (TPSA) is 70.4 Å². The Morgan fingerprint density at radius 2 is 1.86 bits per heavy atom. The fraction of sp³-hybridized carbons (Fsp3) is 0.154. The number of fused-ring (bicyclic) bond motifs is 3. The van der Waals surface area contributed by atoms with Crippen LogP contribution in [0.4, 0.5) is 5.95 Å². The zero-order chi connectivity index (χ0) is 24.1. The van der Waals surface area contributed by atoms with Gasteiger partial charge in [0, 0.05) is 26.2 Å². The highest BCUT2D eigenvalue weighted by molar-refractivity contribution is 9.10. The van der Waals surface area contributed by atoms with Gasteiger partial charge < -0.3 is 19.5 Å².